The van der Waals surface area contributed by atoms with Crippen LogP contribution < -0.4 is 5.56 Å². The summed E-state index contributed by atoms with van der Waals surface area (Å²) in [5, 5.41) is 0. The minimum absolute atomic E-state index is 0.0770. The normalized spacial score (nSPS) is 19.8. The Morgan fingerprint density at radius 1 is 1.38 bits per heavy atom. The zero-order valence-corrected chi connectivity index (χ0v) is 8.25. The number of carbonyl (C=O) groups excluding carboxylic acids is 1. The van der Waals surface area contributed by atoms with Gasteiger partial charge in [0.1, 0.15) is 0 Å². The number of aromatic nitrogens is 4. The summed E-state index contributed by atoms with van der Waals surface area (Å²) in [6.45, 7) is 0. The number of rotatable bonds is 1. The van der Waals surface area contributed by atoms with E-state index >= 15 is 0 Å². The topological polar surface area (TPSA) is 80.6 Å². The number of hydrogen-bond acceptors (Lipinski definition) is 4. The number of carbonyl (C=O) groups is 1. The van der Waals surface area contributed by atoms with Crippen molar-refractivity contribution < 1.29 is 4.79 Å². The summed E-state index contributed by atoms with van der Waals surface area (Å²) >= 11 is 0. The van der Waals surface area contributed by atoms with Gasteiger partial charge in [0.15, 0.2) is 16.9 Å². The molecule has 1 atom stereocenters. The van der Waals surface area contributed by atoms with Gasteiger partial charge >= 0.3 is 0 Å². The van der Waals surface area contributed by atoms with Crippen LogP contribution in [0.3, 0.4) is 0 Å². The summed E-state index contributed by atoms with van der Waals surface area (Å²) in [7, 11) is 0. The van der Waals surface area contributed by atoms with Gasteiger partial charge in [-0.15, -0.1) is 0 Å². The van der Waals surface area contributed by atoms with Crippen LogP contribution in [0, 0.1) is 0 Å². The zero-order valence-electron chi connectivity index (χ0n) is 8.25. The van der Waals surface area contributed by atoms with Gasteiger partial charge in [-0.05, 0) is 6.08 Å². The van der Waals surface area contributed by atoms with Gasteiger partial charge < -0.3 is 9.55 Å². The molecular weight excluding hydrogens is 208 g/mol. The molecule has 0 spiro atoms. The van der Waals surface area contributed by atoms with Crippen molar-refractivity contribution in [3.05, 3.63) is 35.2 Å². The SMILES string of the molecule is O=C1C=CC(n2cnc3c(=O)[nH]cnc32)C1. The predicted octanol–water partition coefficient (Wildman–Crippen LogP) is 0.190. The molecule has 0 amide bonds. The molecule has 2 heterocycles. The molecule has 1 N–H and O–H groups in total. The van der Waals surface area contributed by atoms with E-state index in [0.29, 0.717) is 17.6 Å². The van der Waals surface area contributed by atoms with Crippen LogP contribution in [0.15, 0.2) is 29.6 Å². The maximum atomic E-state index is 11.4. The van der Waals surface area contributed by atoms with Crippen molar-refractivity contribution in [2.24, 2.45) is 0 Å². The smallest absolute Gasteiger partial charge is 0.278 e. The maximum Gasteiger partial charge on any atom is 0.278 e. The van der Waals surface area contributed by atoms with Crippen molar-refractivity contribution in [3.63, 3.8) is 0 Å². The third-order valence-electron chi connectivity index (χ3n) is 2.64. The van der Waals surface area contributed by atoms with E-state index in [1.807, 2.05) is 0 Å². The molecule has 1 aliphatic rings. The Bertz CT molecular complexity index is 652. The van der Waals surface area contributed by atoms with Gasteiger partial charge in [-0.2, -0.15) is 0 Å². The quantitative estimate of drug-likeness (QED) is 0.737. The highest BCUT2D eigenvalue weighted by molar-refractivity contribution is 5.92. The molecule has 0 saturated carbocycles. The Morgan fingerprint density at radius 2 is 2.25 bits per heavy atom. The van der Waals surface area contributed by atoms with E-state index in [-0.39, 0.29) is 17.4 Å². The Kier molecular flexibility index (Phi) is 1.76. The minimum Gasteiger partial charge on any atom is -0.311 e. The van der Waals surface area contributed by atoms with Crippen LogP contribution in [0.25, 0.3) is 11.2 Å². The van der Waals surface area contributed by atoms with Crippen molar-refractivity contribution in [1.82, 2.24) is 19.5 Å². The van der Waals surface area contributed by atoms with Crippen LogP contribution >= 0.6 is 0 Å². The van der Waals surface area contributed by atoms with Crippen molar-refractivity contribution in [1.29, 1.82) is 0 Å². The van der Waals surface area contributed by atoms with E-state index in [1.54, 1.807) is 23.0 Å². The molecule has 0 bridgehead atoms. The second-order valence-electron chi connectivity index (χ2n) is 3.65. The standard InChI is InChI=1S/C10H8N4O2/c15-7-2-1-6(3-7)14-5-13-8-9(14)11-4-12-10(8)16/h1-2,4-6H,3H2,(H,11,12,16). The lowest BCUT2D eigenvalue weighted by Gasteiger charge is -2.08. The van der Waals surface area contributed by atoms with E-state index in [4.69, 9.17) is 0 Å². The Morgan fingerprint density at radius 3 is 3.00 bits per heavy atom. The molecule has 6 heteroatoms. The lowest BCUT2D eigenvalue weighted by molar-refractivity contribution is -0.114. The molecule has 6 nitrogen and oxygen atoms in total. The first-order valence-electron chi connectivity index (χ1n) is 4.87. The van der Waals surface area contributed by atoms with Crippen LogP contribution in [0.4, 0.5) is 0 Å². The van der Waals surface area contributed by atoms with Crippen LogP contribution in [-0.4, -0.2) is 25.3 Å². The van der Waals surface area contributed by atoms with Crippen molar-refractivity contribution >= 4 is 16.9 Å². The summed E-state index contributed by atoms with van der Waals surface area (Å²) in [5.74, 6) is 0.0803. The number of ketones is 1. The van der Waals surface area contributed by atoms with Crippen molar-refractivity contribution in [2.45, 2.75) is 12.5 Å². The molecule has 0 fully saturated rings. The predicted molar refractivity (Wildman–Crippen MR) is 55.9 cm³/mol. The average molecular weight is 216 g/mol. The Balaban J connectivity index is 2.19. The molecule has 0 saturated heterocycles. The summed E-state index contributed by atoms with van der Waals surface area (Å²) in [4.78, 5) is 33.1. The number of hydrogen-bond donors (Lipinski definition) is 1. The van der Waals surface area contributed by atoms with E-state index in [1.165, 1.54) is 6.33 Å². The van der Waals surface area contributed by atoms with Gasteiger partial charge in [0, 0.05) is 6.42 Å². The number of H-pyrrole nitrogens is 1. The lowest BCUT2D eigenvalue weighted by atomic mass is 10.2. The van der Waals surface area contributed by atoms with Crippen LogP contribution in [0.5, 0.6) is 0 Å². The molecule has 0 aliphatic heterocycles. The summed E-state index contributed by atoms with van der Waals surface area (Å²) in [6, 6.07) is -0.0770. The van der Waals surface area contributed by atoms with Crippen molar-refractivity contribution in [2.75, 3.05) is 0 Å². The highest BCUT2D eigenvalue weighted by atomic mass is 16.1. The lowest BCUT2D eigenvalue weighted by Crippen LogP contribution is -2.09. The summed E-state index contributed by atoms with van der Waals surface area (Å²) in [5.41, 5.74) is 0.542. The van der Waals surface area contributed by atoms with E-state index < -0.39 is 0 Å². The molecule has 3 rings (SSSR count). The highest BCUT2D eigenvalue weighted by Crippen LogP contribution is 2.22. The van der Waals surface area contributed by atoms with Crippen molar-refractivity contribution in [3.8, 4) is 0 Å². The number of fused-ring (bicyclic) bond motifs is 1. The van der Waals surface area contributed by atoms with Gasteiger partial charge in [-0.25, -0.2) is 9.97 Å². The van der Waals surface area contributed by atoms with E-state index in [0.717, 1.165) is 0 Å². The fraction of sp³-hybridized carbons (Fsp3) is 0.200. The maximum absolute atomic E-state index is 11.4. The molecule has 0 radical (unpaired) electrons. The molecule has 80 valence electrons. The first-order chi connectivity index (χ1) is 7.75. The molecule has 1 unspecified atom stereocenters. The van der Waals surface area contributed by atoms with E-state index in [9.17, 15) is 9.59 Å². The third kappa shape index (κ3) is 1.19. The second-order valence-corrected chi connectivity index (χ2v) is 3.65. The Labute approximate surface area is 89.6 Å². The first kappa shape index (κ1) is 9.02. The van der Waals surface area contributed by atoms with Gasteiger partial charge in [0.2, 0.25) is 0 Å². The van der Waals surface area contributed by atoms with Gasteiger partial charge in [-0.3, -0.25) is 9.59 Å². The highest BCUT2D eigenvalue weighted by Gasteiger charge is 2.20. The van der Waals surface area contributed by atoms with E-state index in [2.05, 4.69) is 15.0 Å². The number of imidazole rings is 1. The van der Waals surface area contributed by atoms with Crippen LogP contribution in [0.2, 0.25) is 0 Å². The summed E-state index contributed by atoms with van der Waals surface area (Å²) in [6.07, 6.45) is 6.62. The minimum atomic E-state index is -0.267. The van der Waals surface area contributed by atoms with Crippen LogP contribution in [0.1, 0.15) is 12.5 Å². The number of allylic oxidation sites excluding steroid dienone is 2. The molecule has 0 aromatic carbocycles. The first-order valence-corrected chi connectivity index (χ1v) is 4.87. The fourth-order valence-electron chi connectivity index (χ4n) is 1.86. The van der Waals surface area contributed by atoms with Gasteiger partial charge in [0.05, 0.1) is 18.7 Å². The molecule has 2 aromatic rings. The number of aromatic amines is 1. The third-order valence-corrected chi connectivity index (χ3v) is 2.64. The molecule has 1 aliphatic carbocycles. The second kappa shape index (κ2) is 3.13. The average Bonchev–Trinajstić information content (AvgIpc) is 2.84. The zero-order chi connectivity index (χ0) is 11.1. The molecule has 2 aromatic heterocycles. The van der Waals surface area contributed by atoms with Gasteiger partial charge in [-0.1, -0.05) is 6.08 Å². The van der Waals surface area contributed by atoms with Gasteiger partial charge in [0.25, 0.3) is 5.56 Å². The number of nitrogens with one attached hydrogen (secondary N) is 1. The number of nitrogens with zero attached hydrogens (tertiary/aromatic N) is 3. The monoisotopic (exact) mass is 216 g/mol. The fourth-order valence-corrected chi connectivity index (χ4v) is 1.86. The Hall–Kier alpha value is -2.24. The molecule has 16 heavy (non-hydrogen) atoms. The van der Waals surface area contributed by atoms with Crippen LogP contribution in [-0.2, 0) is 4.79 Å². The largest absolute Gasteiger partial charge is 0.311 e. The summed E-state index contributed by atoms with van der Waals surface area (Å²) < 4.78 is 1.74. The molecular formula is C10H8N4O2.